The van der Waals surface area contributed by atoms with E-state index in [0.29, 0.717) is 31.9 Å². The molecule has 1 saturated heterocycles. The topological polar surface area (TPSA) is 26.8 Å². The number of anilines is 3. The number of hydrogen-bond acceptors (Lipinski definition) is 2. The number of amides is 2. The van der Waals surface area contributed by atoms with Gasteiger partial charge < -0.3 is 9.80 Å². The molecule has 1 fully saturated rings. The van der Waals surface area contributed by atoms with E-state index in [2.05, 4.69) is 0 Å². The molecule has 4 nitrogen and oxygen atoms in total. The Bertz CT molecular complexity index is 1030. The summed E-state index contributed by atoms with van der Waals surface area (Å²) in [7, 11) is 0. The summed E-state index contributed by atoms with van der Waals surface area (Å²) in [5.41, 5.74) is 1.09. The molecule has 4 rings (SSSR count). The molecule has 0 radical (unpaired) electrons. The molecule has 2 amide bonds. The fraction of sp³-hybridized carbons (Fsp3) is 0.208. The summed E-state index contributed by atoms with van der Waals surface area (Å²) in [6, 6.07) is 22.5. The van der Waals surface area contributed by atoms with Crippen molar-refractivity contribution >= 4 is 34.7 Å². The molecule has 0 unspecified atom stereocenters. The molecule has 0 aromatic heterocycles. The minimum atomic E-state index is -4.52. The molecule has 0 N–H and O–H groups in total. The van der Waals surface area contributed by atoms with Crippen LogP contribution < -0.4 is 9.80 Å². The monoisotopic (exact) mass is 459 g/mol. The molecule has 1 aliphatic heterocycles. The number of halogens is 4. The number of hydrogen-bond donors (Lipinski definition) is 0. The van der Waals surface area contributed by atoms with Crippen LogP contribution in [-0.2, 0) is 6.18 Å². The van der Waals surface area contributed by atoms with Crippen molar-refractivity contribution in [3.63, 3.8) is 0 Å². The summed E-state index contributed by atoms with van der Waals surface area (Å²) in [5.74, 6) is 0. The van der Waals surface area contributed by atoms with Gasteiger partial charge in [0.2, 0.25) is 0 Å². The third-order valence-electron chi connectivity index (χ3n) is 5.39. The fourth-order valence-corrected chi connectivity index (χ4v) is 3.97. The smallest absolute Gasteiger partial charge is 0.368 e. The largest absolute Gasteiger partial charge is 0.417 e. The van der Waals surface area contributed by atoms with Gasteiger partial charge in [-0.3, -0.25) is 4.90 Å². The van der Waals surface area contributed by atoms with Gasteiger partial charge in [-0.25, -0.2) is 4.79 Å². The SMILES string of the molecule is O=C(N1CCN(c2ccc(Cl)c(C(F)(F)F)c2)CC1)N(c1ccccc1)c1ccccc1. The van der Waals surface area contributed by atoms with Crippen molar-refractivity contribution in [2.45, 2.75) is 6.18 Å². The van der Waals surface area contributed by atoms with Crippen LogP contribution in [0.4, 0.5) is 35.0 Å². The van der Waals surface area contributed by atoms with Crippen LogP contribution in [0.3, 0.4) is 0 Å². The minimum Gasteiger partial charge on any atom is -0.368 e. The second kappa shape index (κ2) is 9.12. The Labute approximate surface area is 189 Å². The van der Waals surface area contributed by atoms with E-state index in [9.17, 15) is 18.0 Å². The van der Waals surface area contributed by atoms with E-state index in [4.69, 9.17) is 11.6 Å². The first-order valence-corrected chi connectivity index (χ1v) is 10.5. The number of rotatable bonds is 3. The molecular weight excluding hydrogens is 439 g/mol. The van der Waals surface area contributed by atoms with Gasteiger partial charge >= 0.3 is 12.2 Å². The van der Waals surface area contributed by atoms with E-state index in [1.54, 1.807) is 15.9 Å². The highest BCUT2D eigenvalue weighted by atomic mass is 35.5. The van der Waals surface area contributed by atoms with Crippen LogP contribution >= 0.6 is 11.6 Å². The second-order valence-electron chi connectivity index (χ2n) is 7.43. The first-order valence-electron chi connectivity index (χ1n) is 10.2. The van der Waals surface area contributed by atoms with E-state index in [-0.39, 0.29) is 11.1 Å². The highest BCUT2D eigenvalue weighted by Gasteiger charge is 2.34. The van der Waals surface area contributed by atoms with Gasteiger partial charge in [0.15, 0.2) is 0 Å². The molecule has 1 heterocycles. The van der Waals surface area contributed by atoms with Crippen molar-refractivity contribution in [2.24, 2.45) is 0 Å². The van der Waals surface area contributed by atoms with Gasteiger partial charge in [-0.1, -0.05) is 48.0 Å². The lowest BCUT2D eigenvalue weighted by atomic mass is 10.1. The quantitative estimate of drug-likeness (QED) is 0.450. The van der Waals surface area contributed by atoms with E-state index in [1.807, 2.05) is 65.6 Å². The van der Waals surface area contributed by atoms with Crippen molar-refractivity contribution in [1.29, 1.82) is 0 Å². The summed E-state index contributed by atoms with van der Waals surface area (Å²) < 4.78 is 39.6. The summed E-state index contributed by atoms with van der Waals surface area (Å²) >= 11 is 5.74. The van der Waals surface area contributed by atoms with Gasteiger partial charge in [0.25, 0.3) is 0 Å². The maximum atomic E-state index is 13.4. The van der Waals surface area contributed by atoms with E-state index in [1.165, 1.54) is 6.07 Å². The molecule has 0 bridgehead atoms. The van der Waals surface area contributed by atoms with Crippen molar-refractivity contribution < 1.29 is 18.0 Å². The standard InChI is InChI=1S/C24H21ClF3N3O/c25-22-12-11-20(17-21(22)24(26,27)28)29-13-15-30(16-14-29)23(32)31(18-7-3-1-4-8-18)19-9-5-2-6-10-19/h1-12,17H,13-16H2. The first kappa shape index (κ1) is 22.0. The van der Waals surface area contributed by atoms with Gasteiger partial charge in [0.05, 0.1) is 22.0 Å². The maximum Gasteiger partial charge on any atom is 0.417 e. The average Bonchev–Trinajstić information content (AvgIpc) is 2.80. The van der Waals surface area contributed by atoms with Crippen LogP contribution in [-0.4, -0.2) is 37.1 Å². The number of benzene rings is 3. The molecule has 3 aromatic rings. The van der Waals surface area contributed by atoms with Crippen molar-refractivity contribution in [3.8, 4) is 0 Å². The molecule has 3 aromatic carbocycles. The third kappa shape index (κ3) is 4.67. The number of urea groups is 1. The van der Waals surface area contributed by atoms with Crippen LogP contribution in [0.5, 0.6) is 0 Å². The lowest BCUT2D eigenvalue weighted by Crippen LogP contribution is -2.52. The lowest BCUT2D eigenvalue weighted by Gasteiger charge is -2.38. The fourth-order valence-electron chi connectivity index (χ4n) is 3.75. The van der Waals surface area contributed by atoms with E-state index < -0.39 is 11.7 Å². The van der Waals surface area contributed by atoms with Gasteiger partial charge in [-0.05, 0) is 42.5 Å². The van der Waals surface area contributed by atoms with Crippen LogP contribution in [0.15, 0.2) is 78.9 Å². The predicted octanol–water partition coefficient (Wildman–Crippen LogP) is 6.44. The Hall–Kier alpha value is -3.19. The number of piperazine rings is 1. The zero-order valence-electron chi connectivity index (χ0n) is 17.1. The van der Waals surface area contributed by atoms with E-state index in [0.717, 1.165) is 17.4 Å². The number of nitrogens with zero attached hydrogens (tertiary/aromatic N) is 3. The molecule has 32 heavy (non-hydrogen) atoms. The number of alkyl halides is 3. The Morgan fingerprint density at radius 1 is 0.812 bits per heavy atom. The molecule has 0 aliphatic carbocycles. The Morgan fingerprint density at radius 3 is 1.84 bits per heavy atom. The zero-order valence-corrected chi connectivity index (χ0v) is 17.9. The minimum absolute atomic E-state index is 0.172. The van der Waals surface area contributed by atoms with Crippen LogP contribution in [0.2, 0.25) is 5.02 Å². The van der Waals surface area contributed by atoms with Crippen LogP contribution in [0.25, 0.3) is 0 Å². The van der Waals surface area contributed by atoms with Gasteiger partial charge in [0, 0.05) is 31.9 Å². The van der Waals surface area contributed by atoms with Gasteiger partial charge in [-0.15, -0.1) is 0 Å². The van der Waals surface area contributed by atoms with Crippen LogP contribution in [0, 0.1) is 0 Å². The van der Waals surface area contributed by atoms with Crippen molar-refractivity contribution in [3.05, 3.63) is 89.4 Å². The molecule has 166 valence electrons. The average molecular weight is 460 g/mol. The number of para-hydroxylation sites is 2. The Morgan fingerprint density at radius 2 is 1.34 bits per heavy atom. The van der Waals surface area contributed by atoms with Crippen molar-refractivity contribution in [1.82, 2.24) is 4.90 Å². The molecule has 1 aliphatic rings. The maximum absolute atomic E-state index is 13.4. The highest BCUT2D eigenvalue weighted by molar-refractivity contribution is 6.31. The van der Waals surface area contributed by atoms with Crippen molar-refractivity contribution in [2.75, 3.05) is 36.0 Å². The van der Waals surface area contributed by atoms with Gasteiger partial charge in [0.1, 0.15) is 0 Å². The molecule has 0 spiro atoms. The second-order valence-corrected chi connectivity index (χ2v) is 7.83. The number of carbonyl (C=O) groups is 1. The predicted molar refractivity (Wildman–Crippen MR) is 121 cm³/mol. The Balaban J connectivity index is 1.52. The molecule has 0 atom stereocenters. The van der Waals surface area contributed by atoms with Gasteiger partial charge in [-0.2, -0.15) is 13.2 Å². The third-order valence-corrected chi connectivity index (χ3v) is 5.72. The lowest BCUT2D eigenvalue weighted by molar-refractivity contribution is -0.137. The molecule has 8 heteroatoms. The van der Waals surface area contributed by atoms with E-state index >= 15 is 0 Å². The normalized spacial score (nSPS) is 14.4. The first-order chi connectivity index (χ1) is 15.3. The summed E-state index contributed by atoms with van der Waals surface area (Å²) in [4.78, 5) is 18.6. The Kier molecular flexibility index (Phi) is 6.28. The molecule has 0 saturated carbocycles. The summed E-state index contributed by atoms with van der Waals surface area (Å²) in [6.07, 6.45) is -4.52. The zero-order chi connectivity index (χ0) is 22.7. The molecular formula is C24H21ClF3N3O. The number of carbonyl (C=O) groups excluding carboxylic acids is 1. The summed E-state index contributed by atoms with van der Waals surface area (Å²) in [5, 5.41) is -0.323. The highest BCUT2D eigenvalue weighted by Crippen LogP contribution is 2.37. The summed E-state index contributed by atoms with van der Waals surface area (Å²) in [6.45, 7) is 1.61. The van der Waals surface area contributed by atoms with Crippen LogP contribution in [0.1, 0.15) is 5.56 Å².